The highest BCUT2D eigenvalue weighted by molar-refractivity contribution is 7.49. The Morgan fingerprint density at radius 2 is 2.05 bits per heavy atom. The molecule has 0 saturated carbocycles. The van der Waals surface area contributed by atoms with Gasteiger partial charge in [0.05, 0.1) is 13.2 Å². The lowest BCUT2D eigenvalue weighted by Gasteiger charge is -2.15. The van der Waals surface area contributed by atoms with Crippen molar-refractivity contribution in [1.29, 1.82) is 0 Å². The molecule has 0 saturated heterocycles. The summed E-state index contributed by atoms with van der Waals surface area (Å²) in [6, 6.07) is 0. The lowest BCUT2D eigenvalue weighted by Crippen LogP contribution is -2.20. The normalized spacial score (nSPS) is 12.2. The molecule has 1 rings (SSSR count). The Labute approximate surface area is 125 Å². The van der Waals surface area contributed by atoms with Crippen molar-refractivity contribution in [3.05, 3.63) is 11.1 Å². The Kier molecular flexibility index (Phi) is 6.76. The fraction of sp³-hybridized carbons (Fsp3) is 0.500. The van der Waals surface area contributed by atoms with Gasteiger partial charge in [0, 0.05) is 5.38 Å². The number of phosphoric ester groups is 1. The van der Waals surface area contributed by atoms with E-state index in [-0.39, 0.29) is 29.8 Å². The van der Waals surface area contributed by atoms with Crippen molar-refractivity contribution in [2.24, 2.45) is 5.16 Å². The summed E-state index contributed by atoms with van der Waals surface area (Å²) in [5, 5.41) is 5.23. The number of thiazole rings is 1. The first-order valence-corrected chi connectivity index (χ1v) is 8.25. The van der Waals surface area contributed by atoms with E-state index in [1.165, 1.54) is 12.5 Å². The minimum atomic E-state index is -4.01. The lowest BCUT2D eigenvalue weighted by atomic mass is 10.3. The second kappa shape index (κ2) is 8.08. The van der Waals surface area contributed by atoms with E-state index in [0.717, 1.165) is 11.3 Å². The van der Waals surface area contributed by atoms with Gasteiger partial charge in [0.1, 0.15) is 12.8 Å². The highest BCUT2D eigenvalue weighted by atomic mass is 32.1. The zero-order valence-corrected chi connectivity index (χ0v) is 13.5. The third kappa shape index (κ3) is 5.09. The molecule has 0 unspecified atom stereocenters. The molecule has 0 spiro atoms. The first kappa shape index (κ1) is 17.6. The Hall–Kier alpha value is -1.48. The monoisotopic (exact) mass is 337 g/mol. The zero-order valence-electron chi connectivity index (χ0n) is 11.8. The molecule has 0 bridgehead atoms. The number of aromatic nitrogens is 1. The van der Waals surface area contributed by atoms with Gasteiger partial charge in [-0.15, -0.1) is 11.3 Å². The van der Waals surface area contributed by atoms with E-state index < -0.39 is 13.8 Å². The average molecular weight is 337 g/mol. The van der Waals surface area contributed by atoms with Gasteiger partial charge < -0.3 is 15.1 Å². The minimum Gasteiger partial charge on any atom is -0.398 e. The molecule has 1 aromatic rings. The number of anilines is 1. The van der Waals surface area contributed by atoms with Crippen molar-refractivity contribution in [3.8, 4) is 0 Å². The summed E-state index contributed by atoms with van der Waals surface area (Å²) >= 11 is 1.11. The highest BCUT2D eigenvalue weighted by Crippen LogP contribution is 2.49. The number of nitrogens with zero attached hydrogens (tertiary/aromatic N) is 2. The van der Waals surface area contributed by atoms with E-state index >= 15 is 0 Å². The topological polar surface area (TPSA) is 122 Å². The third-order valence-corrected chi connectivity index (χ3v) is 4.12. The van der Waals surface area contributed by atoms with Crippen LogP contribution >= 0.6 is 19.2 Å². The molecule has 1 aromatic heterocycles. The largest absolute Gasteiger partial charge is 0.532 e. The first-order chi connectivity index (χ1) is 9.95. The van der Waals surface area contributed by atoms with Crippen molar-refractivity contribution in [2.45, 2.75) is 13.8 Å². The molecule has 2 N–H and O–H groups in total. The van der Waals surface area contributed by atoms with Crippen molar-refractivity contribution >= 4 is 36.0 Å². The van der Waals surface area contributed by atoms with Crippen LogP contribution in [0.25, 0.3) is 0 Å². The quantitative estimate of drug-likeness (QED) is 0.433. The van der Waals surface area contributed by atoms with Crippen LogP contribution in [0, 0.1) is 0 Å². The molecule has 0 aliphatic heterocycles. The summed E-state index contributed by atoms with van der Waals surface area (Å²) in [6.45, 7) is 3.27. The van der Waals surface area contributed by atoms with Crippen LogP contribution in [0.5, 0.6) is 0 Å². The Morgan fingerprint density at radius 1 is 1.43 bits per heavy atom. The zero-order chi connectivity index (χ0) is 15.9. The third-order valence-electron chi connectivity index (χ3n) is 1.91. The Balaban J connectivity index is 2.97. The Morgan fingerprint density at radius 3 is 2.48 bits per heavy atom. The highest BCUT2D eigenvalue weighted by Gasteiger charge is 2.33. The van der Waals surface area contributed by atoms with Gasteiger partial charge in [-0.25, -0.2) is 14.3 Å². The standard InChI is InChI=1S/C10H16N3O6PS/c1-4-17-20(15,18-5-2)19-9(14)8(13-16-3)7-6-21-10(11)12-7/h6H,4-5H2,1-3H3,(H2,11,12)/b13-8+. The van der Waals surface area contributed by atoms with Crippen molar-refractivity contribution in [2.75, 3.05) is 26.1 Å². The van der Waals surface area contributed by atoms with Gasteiger partial charge in [-0.3, -0.25) is 9.05 Å². The maximum Gasteiger partial charge on any atom is 0.532 e. The SMILES string of the molecule is CCOP(=O)(OCC)OC(=O)/C(=N/OC)c1csc(N)n1. The predicted octanol–water partition coefficient (Wildman–Crippen LogP) is 1.80. The molecule has 0 aromatic carbocycles. The molecule has 0 fully saturated rings. The van der Waals surface area contributed by atoms with Crippen LogP contribution in [0.4, 0.5) is 5.13 Å². The lowest BCUT2D eigenvalue weighted by molar-refractivity contribution is -0.128. The minimum absolute atomic E-state index is 0.0466. The van der Waals surface area contributed by atoms with E-state index in [9.17, 15) is 9.36 Å². The number of carbonyl (C=O) groups is 1. The van der Waals surface area contributed by atoms with Crippen LogP contribution in [0.1, 0.15) is 19.5 Å². The van der Waals surface area contributed by atoms with Crippen molar-refractivity contribution in [1.82, 2.24) is 4.98 Å². The van der Waals surface area contributed by atoms with Gasteiger partial charge >= 0.3 is 13.8 Å². The summed E-state index contributed by atoms with van der Waals surface area (Å²) in [5.74, 6) is -1.05. The van der Waals surface area contributed by atoms with E-state index in [1.807, 2.05) is 0 Å². The fourth-order valence-electron chi connectivity index (χ4n) is 1.23. The van der Waals surface area contributed by atoms with Gasteiger partial charge in [0.2, 0.25) is 5.71 Å². The second-order valence-corrected chi connectivity index (χ2v) is 5.84. The van der Waals surface area contributed by atoms with E-state index in [2.05, 4.69) is 15.0 Å². The molecule has 21 heavy (non-hydrogen) atoms. The summed E-state index contributed by atoms with van der Waals surface area (Å²) in [4.78, 5) is 20.5. The predicted molar refractivity (Wildman–Crippen MR) is 77.0 cm³/mol. The molecule has 0 radical (unpaired) electrons. The number of hydrogen-bond acceptors (Lipinski definition) is 10. The van der Waals surface area contributed by atoms with Crippen molar-refractivity contribution in [3.63, 3.8) is 0 Å². The molecular formula is C10H16N3O6PS. The van der Waals surface area contributed by atoms with E-state index in [0.29, 0.717) is 0 Å². The fourth-order valence-corrected chi connectivity index (χ4v) is 2.88. The molecule has 0 atom stereocenters. The number of carbonyl (C=O) groups excluding carboxylic acids is 1. The van der Waals surface area contributed by atoms with Crippen molar-refractivity contribution < 1.29 is 27.8 Å². The van der Waals surface area contributed by atoms with Gasteiger partial charge in [-0.05, 0) is 13.8 Å². The smallest absolute Gasteiger partial charge is 0.398 e. The molecule has 0 amide bonds. The number of hydrogen-bond donors (Lipinski definition) is 1. The van der Waals surface area contributed by atoms with Gasteiger partial charge in [0.15, 0.2) is 5.13 Å². The average Bonchev–Trinajstić information content (AvgIpc) is 2.82. The maximum absolute atomic E-state index is 12.1. The summed E-state index contributed by atoms with van der Waals surface area (Å²) < 4.78 is 26.6. The summed E-state index contributed by atoms with van der Waals surface area (Å²) in [5.41, 5.74) is 5.35. The Bertz CT molecular complexity index is 551. The number of oxime groups is 1. The van der Waals surface area contributed by atoms with Gasteiger partial charge in [-0.1, -0.05) is 5.16 Å². The van der Waals surface area contributed by atoms with Gasteiger partial charge in [-0.2, -0.15) is 0 Å². The first-order valence-electron chi connectivity index (χ1n) is 5.91. The number of rotatable bonds is 8. The molecule has 1 heterocycles. The molecule has 11 heteroatoms. The molecule has 9 nitrogen and oxygen atoms in total. The molecular weight excluding hydrogens is 321 g/mol. The van der Waals surface area contributed by atoms with E-state index in [4.69, 9.17) is 19.3 Å². The second-order valence-electron chi connectivity index (χ2n) is 3.35. The van der Waals surface area contributed by atoms with Crippen LogP contribution in [-0.2, 0) is 27.8 Å². The number of nitrogen functional groups attached to an aromatic ring is 1. The molecule has 0 aliphatic rings. The van der Waals surface area contributed by atoms with Crippen LogP contribution in [0.3, 0.4) is 0 Å². The summed E-state index contributed by atoms with van der Waals surface area (Å²) in [7, 11) is -2.76. The molecule has 0 aliphatic carbocycles. The van der Waals surface area contributed by atoms with Gasteiger partial charge in [0.25, 0.3) is 0 Å². The molecule has 118 valence electrons. The van der Waals surface area contributed by atoms with Crippen LogP contribution < -0.4 is 5.73 Å². The number of nitrogens with two attached hydrogens (primary N) is 1. The number of phosphoric acid groups is 1. The van der Waals surface area contributed by atoms with Crippen LogP contribution in [-0.4, -0.2) is 37.0 Å². The van der Waals surface area contributed by atoms with Crippen LogP contribution in [0.15, 0.2) is 10.5 Å². The van der Waals surface area contributed by atoms with Crippen LogP contribution in [0.2, 0.25) is 0 Å². The maximum atomic E-state index is 12.1. The summed E-state index contributed by atoms with van der Waals surface area (Å²) in [6.07, 6.45) is 0. The van der Waals surface area contributed by atoms with E-state index in [1.54, 1.807) is 13.8 Å².